The van der Waals surface area contributed by atoms with Crippen molar-refractivity contribution >= 4 is 29.4 Å². The highest BCUT2D eigenvalue weighted by Crippen LogP contribution is 2.36. The van der Waals surface area contributed by atoms with Crippen molar-refractivity contribution in [2.75, 3.05) is 30.3 Å². The van der Waals surface area contributed by atoms with Gasteiger partial charge in [0.15, 0.2) is 0 Å². The van der Waals surface area contributed by atoms with Crippen LogP contribution in [0, 0.1) is 13.8 Å². The zero-order chi connectivity index (χ0) is 17.5. The SMILES string of the molecule is CCCCNC(=O)CCNC(=O)N1CCSc2nc(C)cc(C)c21. The minimum Gasteiger partial charge on any atom is -0.356 e. The zero-order valence-electron chi connectivity index (χ0n) is 14.6. The first-order valence-corrected chi connectivity index (χ1v) is 9.44. The lowest BCUT2D eigenvalue weighted by Gasteiger charge is -2.30. The second-order valence-corrected chi connectivity index (χ2v) is 7.00. The lowest BCUT2D eigenvalue weighted by Crippen LogP contribution is -2.44. The minimum absolute atomic E-state index is 0.0215. The summed E-state index contributed by atoms with van der Waals surface area (Å²) in [5, 5.41) is 6.60. The molecule has 1 aromatic heterocycles. The van der Waals surface area contributed by atoms with Crippen molar-refractivity contribution in [2.24, 2.45) is 0 Å². The largest absolute Gasteiger partial charge is 0.356 e. The minimum atomic E-state index is -0.160. The quantitative estimate of drug-likeness (QED) is 0.774. The molecular weight excluding hydrogens is 324 g/mol. The summed E-state index contributed by atoms with van der Waals surface area (Å²) in [6, 6.07) is 1.83. The highest BCUT2D eigenvalue weighted by molar-refractivity contribution is 7.99. The van der Waals surface area contributed by atoms with Crippen LogP contribution in [0.25, 0.3) is 0 Å². The Morgan fingerprint density at radius 2 is 2.08 bits per heavy atom. The van der Waals surface area contributed by atoms with E-state index < -0.39 is 0 Å². The van der Waals surface area contributed by atoms with Gasteiger partial charge >= 0.3 is 6.03 Å². The fraction of sp³-hybridized carbons (Fsp3) is 0.588. The van der Waals surface area contributed by atoms with Crippen LogP contribution in [0.5, 0.6) is 0 Å². The molecule has 7 heteroatoms. The number of pyridine rings is 1. The molecule has 24 heavy (non-hydrogen) atoms. The van der Waals surface area contributed by atoms with Crippen molar-refractivity contribution < 1.29 is 9.59 Å². The van der Waals surface area contributed by atoms with E-state index in [0.717, 1.165) is 40.6 Å². The number of nitrogens with zero attached hydrogens (tertiary/aromatic N) is 2. The van der Waals surface area contributed by atoms with Crippen LogP contribution in [0.3, 0.4) is 0 Å². The third-order valence-corrected chi connectivity index (χ3v) is 4.77. The fourth-order valence-corrected chi connectivity index (χ4v) is 3.73. The number of unbranched alkanes of at least 4 members (excludes halogenated alkanes) is 1. The van der Waals surface area contributed by atoms with Crippen molar-refractivity contribution in [3.8, 4) is 0 Å². The first-order chi connectivity index (χ1) is 11.5. The number of hydrogen-bond acceptors (Lipinski definition) is 4. The Bertz CT molecular complexity index is 606. The average Bonchev–Trinajstić information content (AvgIpc) is 2.54. The molecule has 2 N–H and O–H groups in total. The van der Waals surface area contributed by atoms with Gasteiger partial charge in [-0.1, -0.05) is 13.3 Å². The van der Waals surface area contributed by atoms with E-state index in [-0.39, 0.29) is 11.9 Å². The van der Waals surface area contributed by atoms with Crippen molar-refractivity contribution in [3.05, 3.63) is 17.3 Å². The molecular formula is C17H26N4O2S. The maximum absolute atomic E-state index is 12.5. The standard InChI is InChI=1S/C17H26N4O2S/c1-4-5-7-18-14(22)6-8-19-17(23)21-9-10-24-16-15(21)12(2)11-13(3)20-16/h11H,4-10H2,1-3H3,(H,18,22)(H,19,23). The number of rotatable bonds is 6. The van der Waals surface area contributed by atoms with Gasteiger partial charge in [0.1, 0.15) is 5.03 Å². The molecule has 0 saturated heterocycles. The Labute approximate surface area is 147 Å². The highest BCUT2D eigenvalue weighted by atomic mass is 32.2. The fourth-order valence-electron chi connectivity index (χ4n) is 2.64. The molecule has 0 bridgehead atoms. The third kappa shape index (κ3) is 4.87. The van der Waals surface area contributed by atoms with E-state index in [1.54, 1.807) is 16.7 Å². The summed E-state index contributed by atoms with van der Waals surface area (Å²) in [5.74, 6) is 0.806. The molecule has 3 amide bonds. The number of hydrogen-bond donors (Lipinski definition) is 2. The van der Waals surface area contributed by atoms with Crippen LogP contribution >= 0.6 is 11.8 Å². The molecule has 0 saturated carbocycles. The molecule has 0 fully saturated rings. The number of aryl methyl sites for hydroxylation is 2. The Morgan fingerprint density at radius 3 is 2.83 bits per heavy atom. The average molecular weight is 350 g/mol. The summed E-state index contributed by atoms with van der Waals surface area (Å²) in [4.78, 5) is 30.4. The first-order valence-electron chi connectivity index (χ1n) is 8.46. The van der Waals surface area contributed by atoms with Gasteiger partial charge in [-0.2, -0.15) is 0 Å². The number of aromatic nitrogens is 1. The van der Waals surface area contributed by atoms with Gasteiger partial charge in [-0.05, 0) is 31.9 Å². The van der Waals surface area contributed by atoms with Crippen molar-refractivity contribution in [3.63, 3.8) is 0 Å². The van der Waals surface area contributed by atoms with Gasteiger partial charge < -0.3 is 10.6 Å². The predicted molar refractivity (Wildman–Crippen MR) is 97.7 cm³/mol. The Balaban J connectivity index is 1.89. The molecule has 0 unspecified atom stereocenters. The Kier molecular flexibility index (Phi) is 6.90. The van der Waals surface area contributed by atoms with Crippen molar-refractivity contribution in [1.29, 1.82) is 0 Å². The van der Waals surface area contributed by atoms with Crippen molar-refractivity contribution in [2.45, 2.75) is 45.1 Å². The molecule has 0 aromatic carbocycles. The number of urea groups is 1. The van der Waals surface area contributed by atoms with E-state index in [2.05, 4.69) is 22.5 Å². The lowest BCUT2D eigenvalue weighted by atomic mass is 10.2. The number of fused-ring (bicyclic) bond motifs is 1. The van der Waals surface area contributed by atoms with Gasteiger partial charge in [0.25, 0.3) is 0 Å². The van der Waals surface area contributed by atoms with Crippen LogP contribution in [0.4, 0.5) is 10.5 Å². The van der Waals surface area contributed by atoms with Gasteiger partial charge in [0.05, 0.1) is 5.69 Å². The van der Waals surface area contributed by atoms with E-state index in [1.807, 2.05) is 19.9 Å². The van der Waals surface area contributed by atoms with Gasteiger partial charge in [-0.15, -0.1) is 11.8 Å². The van der Waals surface area contributed by atoms with Crippen LogP contribution in [-0.4, -0.2) is 42.3 Å². The number of anilines is 1. The monoisotopic (exact) mass is 350 g/mol. The van der Waals surface area contributed by atoms with E-state index in [4.69, 9.17) is 0 Å². The Hall–Kier alpha value is -1.76. The van der Waals surface area contributed by atoms with E-state index in [9.17, 15) is 9.59 Å². The van der Waals surface area contributed by atoms with Crippen LogP contribution in [0.1, 0.15) is 37.4 Å². The van der Waals surface area contributed by atoms with Crippen LogP contribution in [0.2, 0.25) is 0 Å². The predicted octanol–water partition coefficient (Wildman–Crippen LogP) is 2.63. The summed E-state index contributed by atoms with van der Waals surface area (Å²) in [7, 11) is 0. The summed E-state index contributed by atoms with van der Waals surface area (Å²) >= 11 is 1.68. The molecule has 2 rings (SSSR count). The number of amides is 3. The molecule has 1 aliphatic heterocycles. The van der Waals surface area contributed by atoms with Gasteiger partial charge in [0, 0.05) is 37.5 Å². The van der Waals surface area contributed by atoms with Crippen LogP contribution in [-0.2, 0) is 4.79 Å². The number of nitrogens with one attached hydrogen (secondary N) is 2. The summed E-state index contributed by atoms with van der Waals surface area (Å²) in [6.45, 7) is 7.74. The number of carbonyl (C=O) groups is 2. The smallest absolute Gasteiger partial charge is 0.322 e. The molecule has 132 valence electrons. The summed E-state index contributed by atoms with van der Waals surface area (Å²) in [6.07, 6.45) is 2.33. The highest BCUT2D eigenvalue weighted by Gasteiger charge is 2.26. The zero-order valence-corrected chi connectivity index (χ0v) is 15.5. The molecule has 0 spiro atoms. The number of thioether (sulfide) groups is 1. The molecule has 0 radical (unpaired) electrons. The summed E-state index contributed by atoms with van der Waals surface area (Å²) in [5.41, 5.74) is 2.91. The lowest BCUT2D eigenvalue weighted by molar-refractivity contribution is -0.120. The normalized spacial score (nSPS) is 13.4. The molecule has 1 aliphatic rings. The summed E-state index contributed by atoms with van der Waals surface area (Å²) < 4.78 is 0. The van der Waals surface area contributed by atoms with Gasteiger partial charge in [-0.3, -0.25) is 9.69 Å². The maximum atomic E-state index is 12.5. The van der Waals surface area contributed by atoms with E-state index >= 15 is 0 Å². The second kappa shape index (κ2) is 8.92. The second-order valence-electron chi connectivity index (χ2n) is 5.92. The first kappa shape index (κ1) is 18.6. The van der Waals surface area contributed by atoms with Crippen LogP contribution in [0.15, 0.2) is 11.1 Å². The molecule has 2 heterocycles. The maximum Gasteiger partial charge on any atom is 0.322 e. The van der Waals surface area contributed by atoms with E-state index in [0.29, 0.717) is 26.1 Å². The van der Waals surface area contributed by atoms with Gasteiger partial charge in [-0.25, -0.2) is 9.78 Å². The molecule has 0 aliphatic carbocycles. The number of carbonyl (C=O) groups excluding carboxylic acids is 2. The molecule has 1 aromatic rings. The molecule has 0 atom stereocenters. The van der Waals surface area contributed by atoms with E-state index in [1.165, 1.54) is 0 Å². The third-order valence-electron chi connectivity index (χ3n) is 3.83. The van der Waals surface area contributed by atoms with Crippen molar-refractivity contribution in [1.82, 2.24) is 15.6 Å². The van der Waals surface area contributed by atoms with Gasteiger partial charge in [0.2, 0.25) is 5.91 Å². The Morgan fingerprint density at radius 1 is 1.29 bits per heavy atom. The topological polar surface area (TPSA) is 74.3 Å². The molecule has 6 nitrogen and oxygen atoms in total. The van der Waals surface area contributed by atoms with Crippen LogP contribution < -0.4 is 15.5 Å².